The smallest absolute Gasteiger partial charge is 0.151 e. The molecule has 1 aliphatic heterocycles. The van der Waals surface area contributed by atoms with Crippen molar-refractivity contribution in [2.75, 3.05) is 13.6 Å². The average molecular weight is 249 g/mol. The molecule has 1 N–H and O–H groups in total. The van der Waals surface area contributed by atoms with E-state index >= 15 is 0 Å². The Balaban J connectivity index is 1.61. The number of nitrogens with one attached hydrogen (secondary N) is 1. The lowest BCUT2D eigenvalue weighted by atomic mass is 9.85. The van der Waals surface area contributed by atoms with E-state index in [-0.39, 0.29) is 0 Å². The third-order valence-corrected chi connectivity index (χ3v) is 4.45. The fourth-order valence-corrected chi connectivity index (χ4v) is 3.59. The van der Waals surface area contributed by atoms with Crippen LogP contribution in [0.3, 0.4) is 0 Å². The van der Waals surface area contributed by atoms with Gasteiger partial charge in [-0.2, -0.15) is 0 Å². The van der Waals surface area contributed by atoms with E-state index in [2.05, 4.69) is 21.4 Å². The van der Waals surface area contributed by atoms with Crippen molar-refractivity contribution in [2.24, 2.45) is 5.92 Å². The van der Waals surface area contributed by atoms with Crippen molar-refractivity contribution in [1.82, 2.24) is 15.4 Å². The number of aromatic nitrogens is 1. The van der Waals surface area contributed by atoms with E-state index in [1.165, 1.54) is 38.6 Å². The molecular formula is C14H23N3O. The second kappa shape index (κ2) is 5.41. The van der Waals surface area contributed by atoms with Crippen LogP contribution in [-0.2, 0) is 13.1 Å². The number of hydrogen-bond acceptors (Lipinski definition) is 4. The van der Waals surface area contributed by atoms with Crippen LogP contribution in [0.25, 0.3) is 0 Å². The van der Waals surface area contributed by atoms with Crippen LogP contribution >= 0.6 is 0 Å². The highest BCUT2D eigenvalue weighted by atomic mass is 16.5. The summed E-state index contributed by atoms with van der Waals surface area (Å²) >= 11 is 0. The van der Waals surface area contributed by atoms with E-state index in [4.69, 9.17) is 4.52 Å². The monoisotopic (exact) mass is 249 g/mol. The highest BCUT2D eigenvalue weighted by Crippen LogP contribution is 2.36. The zero-order valence-corrected chi connectivity index (χ0v) is 11.2. The molecule has 2 fully saturated rings. The minimum absolute atomic E-state index is 0.787. The van der Waals surface area contributed by atoms with Gasteiger partial charge >= 0.3 is 0 Å². The molecule has 2 aliphatic rings. The largest absolute Gasteiger partial charge is 0.360 e. The minimum atomic E-state index is 0.787. The summed E-state index contributed by atoms with van der Waals surface area (Å²) < 4.78 is 5.43. The molecule has 1 saturated heterocycles. The number of nitrogens with zero attached hydrogens (tertiary/aromatic N) is 2. The van der Waals surface area contributed by atoms with E-state index in [0.717, 1.165) is 36.5 Å². The predicted molar refractivity (Wildman–Crippen MR) is 70.0 cm³/mol. The van der Waals surface area contributed by atoms with Gasteiger partial charge in [0.2, 0.25) is 0 Å². The minimum Gasteiger partial charge on any atom is -0.360 e. The quantitative estimate of drug-likeness (QED) is 0.888. The van der Waals surface area contributed by atoms with Crippen molar-refractivity contribution in [3.8, 4) is 0 Å². The van der Waals surface area contributed by atoms with Gasteiger partial charge in [0, 0.05) is 18.7 Å². The van der Waals surface area contributed by atoms with Gasteiger partial charge in [-0.25, -0.2) is 0 Å². The van der Waals surface area contributed by atoms with E-state index in [9.17, 15) is 0 Å². The molecule has 0 radical (unpaired) electrons. The van der Waals surface area contributed by atoms with Gasteiger partial charge in [0.05, 0.1) is 12.2 Å². The fourth-order valence-electron chi connectivity index (χ4n) is 3.59. The lowest BCUT2D eigenvalue weighted by Crippen LogP contribution is -2.34. The molecule has 1 saturated carbocycles. The molecule has 4 nitrogen and oxygen atoms in total. The van der Waals surface area contributed by atoms with Gasteiger partial charge in [0.25, 0.3) is 0 Å². The third-order valence-electron chi connectivity index (χ3n) is 4.45. The van der Waals surface area contributed by atoms with Crippen molar-refractivity contribution in [3.63, 3.8) is 0 Å². The van der Waals surface area contributed by atoms with Gasteiger partial charge in [-0.05, 0) is 38.8 Å². The first-order valence-corrected chi connectivity index (χ1v) is 7.20. The summed E-state index contributed by atoms with van der Waals surface area (Å²) in [7, 11) is 1.93. The molecular weight excluding hydrogens is 226 g/mol. The van der Waals surface area contributed by atoms with Crippen molar-refractivity contribution >= 4 is 0 Å². The molecule has 2 heterocycles. The lowest BCUT2D eigenvalue weighted by molar-refractivity contribution is 0.161. The maximum absolute atomic E-state index is 5.43. The van der Waals surface area contributed by atoms with Crippen LogP contribution in [-0.4, -0.2) is 29.7 Å². The van der Waals surface area contributed by atoms with E-state index in [1.807, 2.05) is 7.05 Å². The second-order valence-electron chi connectivity index (χ2n) is 5.69. The van der Waals surface area contributed by atoms with Gasteiger partial charge in [0.15, 0.2) is 5.76 Å². The summed E-state index contributed by atoms with van der Waals surface area (Å²) in [6, 6.07) is 2.89. The second-order valence-corrected chi connectivity index (χ2v) is 5.69. The number of hydrogen-bond donors (Lipinski definition) is 1. The molecule has 0 amide bonds. The summed E-state index contributed by atoms with van der Waals surface area (Å²) in [5.74, 6) is 1.96. The highest BCUT2D eigenvalue weighted by molar-refractivity contribution is 5.06. The van der Waals surface area contributed by atoms with Crippen molar-refractivity contribution < 1.29 is 4.52 Å². The maximum atomic E-state index is 5.43. The normalized spacial score (nSPS) is 28.5. The highest BCUT2D eigenvalue weighted by Gasteiger charge is 2.35. The molecule has 4 heteroatoms. The molecule has 0 spiro atoms. The molecule has 100 valence electrons. The van der Waals surface area contributed by atoms with Gasteiger partial charge in [-0.3, -0.25) is 4.90 Å². The topological polar surface area (TPSA) is 41.3 Å². The number of fused-ring (bicyclic) bond motifs is 1. The summed E-state index contributed by atoms with van der Waals surface area (Å²) in [5.41, 5.74) is 1.01. The molecule has 0 aromatic carbocycles. The van der Waals surface area contributed by atoms with Crippen LogP contribution in [0.2, 0.25) is 0 Å². The fraction of sp³-hybridized carbons (Fsp3) is 0.786. The van der Waals surface area contributed by atoms with Crippen molar-refractivity contribution in [2.45, 2.75) is 51.2 Å². The summed E-state index contributed by atoms with van der Waals surface area (Å²) in [6.07, 6.45) is 7.02. The molecule has 1 aliphatic carbocycles. The third kappa shape index (κ3) is 2.45. The van der Waals surface area contributed by atoms with Crippen LogP contribution in [0, 0.1) is 5.92 Å². The van der Waals surface area contributed by atoms with Crippen LogP contribution in [0.5, 0.6) is 0 Å². The van der Waals surface area contributed by atoms with Crippen molar-refractivity contribution in [1.29, 1.82) is 0 Å². The van der Waals surface area contributed by atoms with Crippen LogP contribution in [0.15, 0.2) is 10.6 Å². The number of rotatable bonds is 4. The first-order chi connectivity index (χ1) is 8.86. The van der Waals surface area contributed by atoms with Crippen molar-refractivity contribution in [3.05, 3.63) is 17.5 Å². The first kappa shape index (κ1) is 12.2. The summed E-state index contributed by atoms with van der Waals surface area (Å²) in [5, 5.41) is 7.19. The molecule has 2 atom stereocenters. The zero-order valence-electron chi connectivity index (χ0n) is 11.2. The molecule has 2 unspecified atom stereocenters. The van der Waals surface area contributed by atoms with Crippen LogP contribution in [0.4, 0.5) is 0 Å². The molecule has 3 rings (SSSR count). The molecule has 1 aromatic heterocycles. The average Bonchev–Trinajstić information content (AvgIpc) is 2.99. The van der Waals surface area contributed by atoms with Gasteiger partial charge in [0.1, 0.15) is 0 Å². The van der Waals surface area contributed by atoms with Crippen LogP contribution in [0.1, 0.15) is 43.6 Å². The Bertz CT molecular complexity index is 390. The van der Waals surface area contributed by atoms with Gasteiger partial charge < -0.3 is 9.84 Å². The van der Waals surface area contributed by atoms with E-state index in [1.54, 1.807) is 0 Å². The predicted octanol–water partition coefficient (Wildman–Crippen LogP) is 2.16. The summed E-state index contributed by atoms with van der Waals surface area (Å²) in [6.45, 7) is 2.96. The van der Waals surface area contributed by atoms with Gasteiger partial charge in [-0.1, -0.05) is 18.0 Å². The first-order valence-electron chi connectivity index (χ1n) is 7.20. The zero-order chi connectivity index (χ0) is 12.4. The Hall–Kier alpha value is -0.870. The van der Waals surface area contributed by atoms with Gasteiger partial charge in [-0.15, -0.1) is 0 Å². The molecule has 0 bridgehead atoms. The Morgan fingerprint density at radius 1 is 1.39 bits per heavy atom. The number of likely N-dealkylation sites (tertiary alicyclic amines) is 1. The van der Waals surface area contributed by atoms with Crippen LogP contribution < -0.4 is 5.32 Å². The molecule has 18 heavy (non-hydrogen) atoms. The maximum Gasteiger partial charge on any atom is 0.151 e. The Labute approximate surface area is 109 Å². The summed E-state index contributed by atoms with van der Waals surface area (Å²) in [4.78, 5) is 2.60. The molecule has 1 aromatic rings. The Morgan fingerprint density at radius 3 is 3.17 bits per heavy atom. The Morgan fingerprint density at radius 2 is 2.28 bits per heavy atom. The standard InChI is InChI=1S/C14H23N3O/c1-15-9-12-8-13(18-16-12)10-17-7-6-11-4-2-3-5-14(11)17/h8,11,14-15H,2-7,9-10H2,1H3. The lowest BCUT2D eigenvalue weighted by Gasteiger charge is -2.30. The van der Waals surface area contributed by atoms with E-state index in [0.29, 0.717) is 0 Å². The Kier molecular flexibility index (Phi) is 3.66. The van der Waals surface area contributed by atoms with E-state index < -0.39 is 0 Å². The SMILES string of the molecule is CNCc1cc(CN2CCC3CCCCC32)on1.